The first-order chi connectivity index (χ1) is 14.7. The number of nitrogens with zero attached hydrogens (tertiary/aromatic N) is 1. The number of carbonyl (C=O) groups is 1. The van der Waals surface area contributed by atoms with Gasteiger partial charge in [0.1, 0.15) is 0 Å². The van der Waals surface area contributed by atoms with E-state index < -0.39 is 15.9 Å². The van der Waals surface area contributed by atoms with E-state index in [1.54, 1.807) is 25.1 Å². The molecule has 0 aliphatic carbocycles. The first-order valence-corrected chi connectivity index (χ1v) is 11.3. The van der Waals surface area contributed by atoms with E-state index in [4.69, 9.17) is 0 Å². The molecule has 0 heterocycles. The number of benzene rings is 3. The Bertz CT molecular complexity index is 1170. The number of nitrogens with one attached hydrogen (secondary N) is 1. The molecule has 3 rings (SSSR count). The standard InChI is InChI=1S/C24H25N2O4S/c1-17-5-8-20(9-6-17)15-26(16-21-10-12-22(13-11-21)24(27)25-28)31(29,30)23-14-18(2)4-7-19(23)3/h4-14H,15-16H2,1-3H3,(H-,25,27,28)/q-1. The van der Waals surface area contributed by atoms with E-state index in [-0.39, 0.29) is 23.5 Å². The number of aryl methyl sites for hydroxylation is 3. The molecule has 31 heavy (non-hydrogen) atoms. The van der Waals surface area contributed by atoms with Crippen molar-refractivity contribution in [3.63, 3.8) is 0 Å². The maximum atomic E-state index is 13.6. The van der Waals surface area contributed by atoms with Gasteiger partial charge in [-0.3, -0.25) is 4.79 Å². The molecule has 0 saturated carbocycles. The van der Waals surface area contributed by atoms with Gasteiger partial charge in [0.15, 0.2) is 0 Å². The third-order valence-corrected chi connectivity index (χ3v) is 7.04. The molecule has 0 aromatic heterocycles. The molecule has 0 radical (unpaired) electrons. The van der Waals surface area contributed by atoms with Crippen LogP contribution >= 0.6 is 0 Å². The Kier molecular flexibility index (Phi) is 6.90. The Morgan fingerprint density at radius 1 is 0.839 bits per heavy atom. The lowest BCUT2D eigenvalue weighted by Gasteiger charge is -2.24. The van der Waals surface area contributed by atoms with Crippen molar-refractivity contribution in [2.45, 2.75) is 38.8 Å². The van der Waals surface area contributed by atoms with Crippen LogP contribution in [0.4, 0.5) is 0 Å². The van der Waals surface area contributed by atoms with Gasteiger partial charge in [-0.2, -0.15) is 4.31 Å². The fraction of sp³-hybridized carbons (Fsp3) is 0.208. The molecule has 6 nitrogen and oxygen atoms in total. The number of hydroxylamine groups is 1. The van der Waals surface area contributed by atoms with Gasteiger partial charge in [0.25, 0.3) is 0 Å². The van der Waals surface area contributed by atoms with Crippen LogP contribution in [0.2, 0.25) is 0 Å². The monoisotopic (exact) mass is 437 g/mol. The summed E-state index contributed by atoms with van der Waals surface area (Å²) in [7, 11) is -3.79. The van der Waals surface area contributed by atoms with Crippen LogP contribution in [0.25, 0.3) is 0 Å². The van der Waals surface area contributed by atoms with Gasteiger partial charge in [0.2, 0.25) is 15.9 Å². The van der Waals surface area contributed by atoms with Crippen LogP contribution in [0, 0.1) is 26.0 Å². The van der Waals surface area contributed by atoms with Gasteiger partial charge in [0.05, 0.1) is 4.90 Å². The Labute approximate surface area is 183 Å². The molecule has 0 aliphatic heterocycles. The average Bonchev–Trinajstić information content (AvgIpc) is 2.76. The number of sulfonamides is 1. The molecule has 0 unspecified atom stereocenters. The van der Waals surface area contributed by atoms with E-state index in [1.807, 2.05) is 50.2 Å². The summed E-state index contributed by atoms with van der Waals surface area (Å²) in [6.07, 6.45) is 0. The third kappa shape index (κ3) is 5.38. The number of amides is 1. The first kappa shape index (κ1) is 22.7. The molecule has 1 amide bonds. The first-order valence-electron chi connectivity index (χ1n) is 9.85. The second kappa shape index (κ2) is 9.43. The summed E-state index contributed by atoms with van der Waals surface area (Å²) in [5.41, 5.74) is 5.80. The zero-order chi connectivity index (χ0) is 22.6. The summed E-state index contributed by atoms with van der Waals surface area (Å²) in [6, 6.07) is 19.5. The third-order valence-electron chi connectivity index (χ3n) is 5.11. The van der Waals surface area contributed by atoms with Gasteiger partial charge in [-0.05, 0) is 61.2 Å². The average molecular weight is 438 g/mol. The molecule has 162 valence electrons. The van der Waals surface area contributed by atoms with E-state index >= 15 is 0 Å². The lowest BCUT2D eigenvalue weighted by atomic mass is 10.1. The molecule has 0 aliphatic rings. The highest BCUT2D eigenvalue weighted by Gasteiger charge is 2.27. The van der Waals surface area contributed by atoms with Crippen molar-refractivity contribution >= 4 is 15.9 Å². The maximum Gasteiger partial charge on any atom is 0.243 e. The number of carbonyl (C=O) groups excluding carboxylic acids is 1. The fourth-order valence-electron chi connectivity index (χ4n) is 3.27. The molecule has 0 bridgehead atoms. The van der Waals surface area contributed by atoms with Gasteiger partial charge < -0.3 is 10.7 Å². The Balaban J connectivity index is 1.99. The fourth-order valence-corrected chi connectivity index (χ4v) is 5.00. The van der Waals surface area contributed by atoms with Gasteiger partial charge in [-0.25, -0.2) is 8.42 Å². The largest absolute Gasteiger partial charge is 0.759 e. The minimum absolute atomic E-state index is 0.128. The molecule has 1 N–H and O–H groups in total. The predicted molar refractivity (Wildman–Crippen MR) is 121 cm³/mol. The van der Waals surface area contributed by atoms with Crippen LogP contribution in [0.5, 0.6) is 0 Å². The molecule has 0 spiro atoms. The van der Waals surface area contributed by atoms with Crippen LogP contribution in [0.1, 0.15) is 38.2 Å². The summed E-state index contributed by atoms with van der Waals surface area (Å²) >= 11 is 0. The van der Waals surface area contributed by atoms with E-state index in [9.17, 15) is 18.4 Å². The highest BCUT2D eigenvalue weighted by Crippen LogP contribution is 2.25. The van der Waals surface area contributed by atoms with Crippen LogP contribution < -0.4 is 5.48 Å². The van der Waals surface area contributed by atoms with Crippen molar-refractivity contribution in [1.29, 1.82) is 0 Å². The normalized spacial score (nSPS) is 11.5. The van der Waals surface area contributed by atoms with Crippen molar-refractivity contribution in [3.8, 4) is 0 Å². The van der Waals surface area contributed by atoms with Gasteiger partial charge in [-0.1, -0.05) is 54.1 Å². The summed E-state index contributed by atoms with van der Waals surface area (Å²) < 4.78 is 28.7. The minimum atomic E-state index is -3.79. The number of hydrogen-bond donors (Lipinski definition) is 1. The summed E-state index contributed by atoms with van der Waals surface area (Å²) in [4.78, 5) is 11.8. The Morgan fingerprint density at radius 3 is 1.90 bits per heavy atom. The number of rotatable bonds is 7. The van der Waals surface area contributed by atoms with E-state index in [1.165, 1.54) is 21.9 Å². The van der Waals surface area contributed by atoms with Crippen molar-refractivity contribution in [1.82, 2.24) is 9.79 Å². The SMILES string of the molecule is Cc1ccc(CN(Cc2ccc(C(=O)N[O-])cc2)S(=O)(=O)c2cc(C)ccc2C)cc1. The number of hydrogen-bond acceptors (Lipinski definition) is 4. The second-order valence-electron chi connectivity index (χ2n) is 7.66. The zero-order valence-corrected chi connectivity index (χ0v) is 18.6. The molecule has 7 heteroatoms. The van der Waals surface area contributed by atoms with E-state index in [0.29, 0.717) is 11.1 Å². The molecule has 3 aromatic carbocycles. The van der Waals surface area contributed by atoms with Gasteiger partial charge in [0, 0.05) is 18.7 Å². The van der Waals surface area contributed by atoms with Crippen LogP contribution in [-0.4, -0.2) is 18.6 Å². The van der Waals surface area contributed by atoms with Crippen molar-refractivity contribution in [3.05, 3.63) is 105 Å². The second-order valence-corrected chi connectivity index (χ2v) is 9.56. The molecule has 0 saturated heterocycles. The molecular formula is C24H25N2O4S-. The molecular weight excluding hydrogens is 412 g/mol. The quantitative estimate of drug-likeness (QED) is 0.560. The summed E-state index contributed by atoms with van der Waals surface area (Å²) in [6.45, 7) is 5.96. The molecule has 3 aromatic rings. The smallest absolute Gasteiger partial charge is 0.243 e. The predicted octanol–water partition coefficient (Wildman–Crippen LogP) is 4.23. The maximum absolute atomic E-state index is 13.6. The Morgan fingerprint density at radius 2 is 1.35 bits per heavy atom. The highest BCUT2D eigenvalue weighted by atomic mass is 32.2. The summed E-state index contributed by atoms with van der Waals surface area (Å²) in [5, 5.41) is 10.6. The van der Waals surface area contributed by atoms with Crippen LogP contribution in [-0.2, 0) is 23.1 Å². The summed E-state index contributed by atoms with van der Waals surface area (Å²) in [5.74, 6) is -0.730. The van der Waals surface area contributed by atoms with Crippen molar-refractivity contribution in [2.24, 2.45) is 0 Å². The zero-order valence-electron chi connectivity index (χ0n) is 17.8. The van der Waals surface area contributed by atoms with E-state index in [0.717, 1.165) is 16.7 Å². The van der Waals surface area contributed by atoms with Gasteiger partial charge >= 0.3 is 0 Å². The van der Waals surface area contributed by atoms with Crippen molar-refractivity contribution < 1.29 is 13.2 Å². The lowest BCUT2D eigenvalue weighted by Crippen LogP contribution is -2.31. The van der Waals surface area contributed by atoms with Crippen LogP contribution in [0.15, 0.2) is 71.6 Å². The highest BCUT2D eigenvalue weighted by molar-refractivity contribution is 7.89. The molecule has 0 fully saturated rings. The minimum Gasteiger partial charge on any atom is -0.759 e. The van der Waals surface area contributed by atoms with Crippen LogP contribution in [0.3, 0.4) is 0 Å². The molecule has 0 atom stereocenters. The van der Waals surface area contributed by atoms with E-state index in [2.05, 4.69) is 0 Å². The topological polar surface area (TPSA) is 89.5 Å². The lowest BCUT2D eigenvalue weighted by molar-refractivity contribution is 0.0970. The van der Waals surface area contributed by atoms with Crippen molar-refractivity contribution in [2.75, 3.05) is 0 Å². The van der Waals surface area contributed by atoms with Gasteiger partial charge in [-0.15, -0.1) is 0 Å². The Hall–Kier alpha value is -3.00.